The molecule has 1 aromatic rings. The van der Waals surface area contributed by atoms with Gasteiger partial charge in [0, 0.05) is 37.5 Å². The van der Waals surface area contributed by atoms with Crippen LogP contribution in [0.3, 0.4) is 0 Å². The Kier molecular flexibility index (Phi) is 4.02. The van der Waals surface area contributed by atoms with Crippen molar-refractivity contribution < 1.29 is 14.4 Å². The van der Waals surface area contributed by atoms with Crippen LogP contribution in [0, 0.1) is 0 Å². The van der Waals surface area contributed by atoms with Crippen molar-refractivity contribution in [3.63, 3.8) is 0 Å². The number of hydrogen-bond acceptors (Lipinski definition) is 3. The molecule has 1 aromatic carbocycles. The molecule has 1 N–H and O–H groups in total. The van der Waals surface area contributed by atoms with Gasteiger partial charge in [-0.15, -0.1) is 0 Å². The van der Waals surface area contributed by atoms with Crippen molar-refractivity contribution in [2.75, 3.05) is 13.1 Å². The Morgan fingerprint density at radius 2 is 1.73 bits per heavy atom. The highest BCUT2D eigenvalue weighted by Gasteiger charge is 2.42. The molecular weight excluding hydrogens is 306 g/mol. The normalized spacial score (nSPS) is 18.6. The Morgan fingerprint density at radius 3 is 2.32 bits per heavy atom. The number of likely N-dealkylation sites (tertiary alicyclic amines) is 2. The Balaban J connectivity index is 1.46. The minimum atomic E-state index is -0.190. The lowest BCUT2D eigenvalue weighted by Crippen LogP contribution is -2.63. The van der Waals surface area contributed by atoms with Crippen LogP contribution in [-0.2, 0) is 16.1 Å². The second-order valence-corrected chi connectivity index (χ2v) is 5.94. The zero-order chi connectivity index (χ0) is 15.7. The summed E-state index contributed by atoms with van der Waals surface area (Å²) in [6, 6.07) is 6.89. The molecule has 22 heavy (non-hydrogen) atoms. The fourth-order valence-electron chi connectivity index (χ4n) is 2.68. The van der Waals surface area contributed by atoms with Gasteiger partial charge in [0.05, 0.1) is 6.04 Å². The molecule has 0 atom stereocenters. The lowest BCUT2D eigenvalue weighted by Gasteiger charge is -2.42. The minimum absolute atomic E-state index is 0.128. The van der Waals surface area contributed by atoms with Gasteiger partial charge in [-0.2, -0.15) is 0 Å². The standard InChI is InChI=1S/C15H16ClN3O3/c16-11-3-1-10(2-4-11)7-17-15(22)18-8-12(9-18)19-13(20)5-6-14(19)21/h1-4,12H,5-9H2,(H,17,22). The molecule has 4 amide bonds. The second kappa shape index (κ2) is 5.96. The van der Waals surface area contributed by atoms with Crippen LogP contribution in [0.25, 0.3) is 0 Å². The number of nitrogens with zero attached hydrogens (tertiary/aromatic N) is 2. The number of carbonyl (C=O) groups excluding carboxylic acids is 3. The van der Waals surface area contributed by atoms with Crippen LogP contribution in [0.4, 0.5) is 4.79 Å². The van der Waals surface area contributed by atoms with Gasteiger partial charge in [0.15, 0.2) is 0 Å². The molecule has 0 spiro atoms. The maximum absolute atomic E-state index is 12.0. The summed E-state index contributed by atoms with van der Waals surface area (Å²) >= 11 is 5.80. The molecule has 0 bridgehead atoms. The fraction of sp³-hybridized carbons (Fsp3) is 0.400. The lowest BCUT2D eigenvalue weighted by atomic mass is 10.1. The molecule has 2 fully saturated rings. The number of hydrogen-bond donors (Lipinski definition) is 1. The van der Waals surface area contributed by atoms with Crippen molar-refractivity contribution in [3.8, 4) is 0 Å². The number of amides is 4. The van der Waals surface area contributed by atoms with E-state index in [1.807, 2.05) is 12.1 Å². The number of urea groups is 1. The van der Waals surface area contributed by atoms with Crippen LogP contribution in [0.1, 0.15) is 18.4 Å². The van der Waals surface area contributed by atoms with Gasteiger partial charge >= 0.3 is 6.03 Å². The van der Waals surface area contributed by atoms with Gasteiger partial charge < -0.3 is 10.2 Å². The Hall–Kier alpha value is -2.08. The molecule has 2 aliphatic rings. The highest BCUT2D eigenvalue weighted by atomic mass is 35.5. The highest BCUT2D eigenvalue weighted by Crippen LogP contribution is 2.22. The third-order valence-electron chi connectivity index (χ3n) is 3.96. The number of rotatable bonds is 3. The average molecular weight is 322 g/mol. The summed E-state index contributed by atoms with van der Waals surface area (Å²) in [5.41, 5.74) is 0.958. The molecule has 0 saturated carbocycles. The van der Waals surface area contributed by atoms with Crippen LogP contribution >= 0.6 is 11.6 Å². The van der Waals surface area contributed by atoms with E-state index in [2.05, 4.69) is 5.32 Å². The fourth-order valence-corrected chi connectivity index (χ4v) is 2.80. The van der Waals surface area contributed by atoms with Crippen molar-refractivity contribution >= 4 is 29.4 Å². The summed E-state index contributed by atoms with van der Waals surface area (Å²) in [4.78, 5) is 38.1. The van der Waals surface area contributed by atoms with Gasteiger partial charge in [-0.1, -0.05) is 23.7 Å². The van der Waals surface area contributed by atoms with Crippen LogP contribution in [0.2, 0.25) is 5.02 Å². The number of benzene rings is 1. The molecule has 3 rings (SSSR count). The topological polar surface area (TPSA) is 69.7 Å². The van der Waals surface area contributed by atoms with Crippen LogP contribution in [0.15, 0.2) is 24.3 Å². The summed E-state index contributed by atoms with van der Waals surface area (Å²) in [7, 11) is 0. The van der Waals surface area contributed by atoms with E-state index < -0.39 is 0 Å². The summed E-state index contributed by atoms with van der Waals surface area (Å²) < 4.78 is 0. The molecule has 0 radical (unpaired) electrons. The molecule has 2 saturated heterocycles. The maximum atomic E-state index is 12.0. The number of nitrogens with one attached hydrogen (secondary N) is 1. The molecular formula is C15H16ClN3O3. The van der Waals surface area contributed by atoms with Crippen LogP contribution in [-0.4, -0.2) is 46.8 Å². The monoisotopic (exact) mass is 321 g/mol. The van der Waals surface area contributed by atoms with Crippen molar-refractivity contribution in [2.24, 2.45) is 0 Å². The first-order valence-corrected chi connectivity index (χ1v) is 7.54. The first kappa shape index (κ1) is 14.8. The van der Waals surface area contributed by atoms with Gasteiger partial charge in [0.2, 0.25) is 11.8 Å². The molecule has 7 heteroatoms. The number of imide groups is 1. The first-order chi connectivity index (χ1) is 10.5. The average Bonchev–Trinajstić information content (AvgIpc) is 2.77. The lowest BCUT2D eigenvalue weighted by molar-refractivity contribution is -0.144. The van der Waals surface area contributed by atoms with E-state index in [0.29, 0.717) is 24.7 Å². The highest BCUT2D eigenvalue weighted by molar-refractivity contribution is 6.30. The summed E-state index contributed by atoms with van der Waals surface area (Å²) in [5, 5.41) is 3.46. The quantitative estimate of drug-likeness (QED) is 0.855. The Labute approximate surface area is 133 Å². The molecule has 116 valence electrons. The summed E-state index contributed by atoms with van der Waals surface area (Å²) in [6.45, 7) is 1.23. The summed E-state index contributed by atoms with van der Waals surface area (Å²) in [5.74, 6) is -0.257. The van der Waals surface area contributed by atoms with Crippen molar-refractivity contribution in [3.05, 3.63) is 34.9 Å². The predicted octanol–water partition coefficient (Wildman–Crippen LogP) is 1.38. The largest absolute Gasteiger partial charge is 0.334 e. The Bertz CT molecular complexity index is 595. The van der Waals surface area contributed by atoms with E-state index in [0.717, 1.165) is 5.56 Å². The zero-order valence-electron chi connectivity index (χ0n) is 11.9. The van der Waals surface area contributed by atoms with Crippen LogP contribution in [0.5, 0.6) is 0 Å². The van der Waals surface area contributed by atoms with Gasteiger partial charge in [0.1, 0.15) is 0 Å². The van der Waals surface area contributed by atoms with Crippen molar-refractivity contribution in [1.82, 2.24) is 15.1 Å². The van der Waals surface area contributed by atoms with Gasteiger partial charge in [-0.05, 0) is 17.7 Å². The van der Waals surface area contributed by atoms with Gasteiger partial charge in [-0.3, -0.25) is 14.5 Å². The number of carbonyl (C=O) groups is 3. The minimum Gasteiger partial charge on any atom is -0.334 e. The maximum Gasteiger partial charge on any atom is 0.317 e. The molecule has 0 aliphatic carbocycles. The predicted molar refractivity (Wildman–Crippen MR) is 80.1 cm³/mol. The SMILES string of the molecule is O=C(NCc1ccc(Cl)cc1)N1CC(N2C(=O)CCC2=O)C1. The first-order valence-electron chi connectivity index (χ1n) is 7.16. The van der Waals surface area contributed by atoms with E-state index in [9.17, 15) is 14.4 Å². The second-order valence-electron chi connectivity index (χ2n) is 5.50. The van der Waals surface area contributed by atoms with E-state index in [4.69, 9.17) is 11.6 Å². The van der Waals surface area contributed by atoms with Crippen LogP contribution < -0.4 is 5.32 Å². The van der Waals surface area contributed by atoms with E-state index in [-0.39, 0.29) is 36.7 Å². The van der Waals surface area contributed by atoms with Gasteiger partial charge in [-0.25, -0.2) is 4.79 Å². The number of halogens is 1. The molecule has 0 aromatic heterocycles. The van der Waals surface area contributed by atoms with E-state index in [1.165, 1.54) is 4.90 Å². The smallest absolute Gasteiger partial charge is 0.317 e. The summed E-state index contributed by atoms with van der Waals surface area (Å²) in [6.07, 6.45) is 0.580. The van der Waals surface area contributed by atoms with E-state index >= 15 is 0 Å². The van der Waals surface area contributed by atoms with Gasteiger partial charge in [0.25, 0.3) is 0 Å². The molecule has 2 heterocycles. The molecule has 6 nitrogen and oxygen atoms in total. The molecule has 0 unspecified atom stereocenters. The van der Waals surface area contributed by atoms with Crippen molar-refractivity contribution in [1.29, 1.82) is 0 Å². The van der Waals surface area contributed by atoms with E-state index in [1.54, 1.807) is 17.0 Å². The molecule has 2 aliphatic heterocycles. The van der Waals surface area contributed by atoms with Crippen molar-refractivity contribution in [2.45, 2.75) is 25.4 Å². The Morgan fingerprint density at radius 1 is 1.14 bits per heavy atom. The third kappa shape index (κ3) is 2.92. The third-order valence-corrected chi connectivity index (χ3v) is 4.21. The zero-order valence-corrected chi connectivity index (χ0v) is 12.7.